The van der Waals surface area contributed by atoms with Gasteiger partial charge in [-0.05, 0) is 37.1 Å². The minimum absolute atomic E-state index is 0.0442. The molecule has 1 aromatic carbocycles. The zero-order chi connectivity index (χ0) is 16.5. The lowest BCUT2D eigenvalue weighted by Gasteiger charge is -2.20. The molecule has 0 spiro atoms. The quantitative estimate of drug-likeness (QED) is 0.677. The monoisotopic (exact) mass is 341 g/mol. The highest BCUT2D eigenvalue weighted by atomic mass is 32.2. The summed E-state index contributed by atoms with van der Waals surface area (Å²) in [5.41, 5.74) is 2.21. The van der Waals surface area contributed by atoms with Crippen molar-refractivity contribution < 1.29 is 13.6 Å². The highest BCUT2D eigenvalue weighted by Gasteiger charge is 2.29. The van der Waals surface area contributed by atoms with Gasteiger partial charge in [-0.2, -0.15) is 0 Å². The summed E-state index contributed by atoms with van der Waals surface area (Å²) >= 11 is 1.26. The number of aromatic nitrogens is 2. The average molecular weight is 341 g/mol. The van der Waals surface area contributed by atoms with Crippen LogP contribution in [0.15, 0.2) is 56.7 Å². The molecule has 6 nitrogen and oxygen atoms in total. The second kappa shape index (κ2) is 6.16. The van der Waals surface area contributed by atoms with Crippen LogP contribution in [0.1, 0.15) is 12.5 Å². The van der Waals surface area contributed by atoms with Gasteiger partial charge in [-0.3, -0.25) is 4.79 Å². The maximum absolute atomic E-state index is 12.7. The molecule has 1 amide bonds. The number of furan rings is 1. The largest absolute Gasteiger partial charge is 0.459 e. The van der Waals surface area contributed by atoms with Crippen LogP contribution in [0.5, 0.6) is 0 Å². The first kappa shape index (κ1) is 15.0. The van der Waals surface area contributed by atoms with Crippen LogP contribution in [0.3, 0.4) is 0 Å². The lowest BCUT2D eigenvalue weighted by molar-refractivity contribution is -0.117. The van der Waals surface area contributed by atoms with E-state index in [0.717, 1.165) is 12.1 Å². The number of para-hydroxylation sites is 1. The van der Waals surface area contributed by atoms with E-state index in [9.17, 15) is 4.79 Å². The molecule has 2 aromatic heterocycles. The van der Waals surface area contributed by atoms with Gasteiger partial charge in [0.1, 0.15) is 0 Å². The first-order valence-electron chi connectivity index (χ1n) is 7.65. The van der Waals surface area contributed by atoms with Gasteiger partial charge in [-0.1, -0.05) is 30.0 Å². The topological polar surface area (TPSA) is 72.4 Å². The number of amides is 1. The number of rotatable bonds is 4. The van der Waals surface area contributed by atoms with Gasteiger partial charge in [-0.25, -0.2) is 0 Å². The number of fused-ring (bicyclic) bond motifs is 1. The fourth-order valence-electron chi connectivity index (χ4n) is 2.75. The minimum atomic E-state index is -0.318. The van der Waals surface area contributed by atoms with Gasteiger partial charge in [0.05, 0.1) is 11.5 Å². The number of benzene rings is 1. The highest BCUT2D eigenvalue weighted by Crippen LogP contribution is 2.32. The number of thioether (sulfide) groups is 1. The van der Waals surface area contributed by atoms with E-state index in [-0.39, 0.29) is 11.2 Å². The van der Waals surface area contributed by atoms with Gasteiger partial charge >= 0.3 is 0 Å². The number of anilines is 1. The molecule has 0 saturated heterocycles. The summed E-state index contributed by atoms with van der Waals surface area (Å²) < 4.78 is 10.8. The SMILES string of the molecule is CC(Sc1nnc(-c2ccco2)o1)C(=O)N1CCc2ccccc21. The van der Waals surface area contributed by atoms with E-state index < -0.39 is 0 Å². The highest BCUT2D eigenvalue weighted by molar-refractivity contribution is 8.00. The Bertz CT molecular complexity index is 860. The van der Waals surface area contributed by atoms with Crippen LogP contribution in [-0.4, -0.2) is 27.9 Å². The Hall–Kier alpha value is -2.54. The van der Waals surface area contributed by atoms with E-state index in [2.05, 4.69) is 16.3 Å². The predicted molar refractivity (Wildman–Crippen MR) is 89.8 cm³/mol. The van der Waals surface area contributed by atoms with Crippen LogP contribution in [0.2, 0.25) is 0 Å². The molecule has 0 fully saturated rings. The summed E-state index contributed by atoms with van der Waals surface area (Å²) in [5, 5.41) is 7.97. The number of nitrogens with zero attached hydrogens (tertiary/aromatic N) is 3. The second-order valence-corrected chi connectivity index (χ2v) is 6.77. The second-order valence-electron chi connectivity index (χ2n) is 5.48. The van der Waals surface area contributed by atoms with Crippen molar-refractivity contribution in [2.75, 3.05) is 11.4 Å². The Morgan fingerprint density at radius 2 is 2.12 bits per heavy atom. The van der Waals surface area contributed by atoms with Crippen LogP contribution in [0.4, 0.5) is 5.69 Å². The third kappa shape index (κ3) is 2.71. The van der Waals surface area contributed by atoms with Gasteiger partial charge in [-0.15, -0.1) is 10.2 Å². The van der Waals surface area contributed by atoms with Crippen LogP contribution in [-0.2, 0) is 11.2 Å². The summed E-state index contributed by atoms with van der Waals surface area (Å²) in [6, 6.07) is 11.5. The Balaban J connectivity index is 1.47. The minimum Gasteiger partial charge on any atom is -0.459 e. The summed E-state index contributed by atoms with van der Waals surface area (Å²) in [6.07, 6.45) is 2.44. The molecule has 0 saturated carbocycles. The first-order chi connectivity index (χ1) is 11.7. The molecule has 0 radical (unpaired) electrons. The Morgan fingerprint density at radius 3 is 2.96 bits per heavy atom. The van der Waals surface area contributed by atoms with E-state index in [0.29, 0.717) is 23.4 Å². The van der Waals surface area contributed by atoms with Gasteiger partial charge in [0.25, 0.3) is 11.1 Å². The van der Waals surface area contributed by atoms with Crippen molar-refractivity contribution in [2.24, 2.45) is 0 Å². The first-order valence-corrected chi connectivity index (χ1v) is 8.53. The van der Waals surface area contributed by atoms with Gasteiger partial charge in [0.15, 0.2) is 5.76 Å². The molecule has 3 heterocycles. The molecule has 122 valence electrons. The van der Waals surface area contributed by atoms with E-state index in [4.69, 9.17) is 8.83 Å². The molecule has 0 aliphatic carbocycles. The Morgan fingerprint density at radius 1 is 1.25 bits per heavy atom. The molecular formula is C17H15N3O3S. The van der Waals surface area contributed by atoms with Crippen molar-refractivity contribution in [3.8, 4) is 11.7 Å². The molecule has 24 heavy (non-hydrogen) atoms. The van der Waals surface area contributed by atoms with E-state index >= 15 is 0 Å². The fourth-order valence-corrected chi connectivity index (χ4v) is 3.49. The van der Waals surface area contributed by atoms with Gasteiger partial charge in [0, 0.05) is 12.2 Å². The van der Waals surface area contributed by atoms with E-state index in [1.807, 2.05) is 30.0 Å². The standard InChI is InChI=1S/C17H15N3O3S/c1-11(16(21)20-9-8-12-5-2-3-6-13(12)20)24-17-19-18-15(23-17)14-7-4-10-22-14/h2-7,10-11H,8-9H2,1H3. The third-order valence-electron chi connectivity index (χ3n) is 3.92. The van der Waals surface area contributed by atoms with Crippen molar-refractivity contribution in [1.82, 2.24) is 10.2 Å². The summed E-state index contributed by atoms with van der Waals surface area (Å²) in [5.74, 6) is 0.873. The van der Waals surface area contributed by atoms with Crippen LogP contribution < -0.4 is 4.90 Å². The summed E-state index contributed by atoms with van der Waals surface area (Å²) in [7, 11) is 0. The maximum atomic E-state index is 12.7. The lowest BCUT2D eigenvalue weighted by atomic mass is 10.2. The smallest absolute Gasteiger partial charge is 0.284 e. The van der Waals surface area contributed by atoms with Crippen LogP contribution >= 0.6 is 11.8 Å². The molecule has 1 aliphatic rings. The summed E-state index contributed by atoms with van der Waals surface area (Å²) in [4.78, 5) is 14.6. The predicted octanol–water partition coefficient (Wildman–Crippen LogP) is 3.40. The van der Waals surface area contributed by atoms with Crippen molar-refractivity contribution in [3.05, 3.63) is 48.2 Å². The van der Waals surface area contributed by atoms with Crippen molar-refractivity contribution in [3.63, 3.8) is 0 Å². The summed E-state index contributed by atoms with van der Waals surface area (Å²) in [6.45, 7) is 2.56. The van der Waals surface area contributed by atoms with Crippen molar-refractivity contribution in [2.45, 2.75) is 23.8 Å². The molecule has 3 aromatic rings. The number of hydrogen-bond donors (Lipinski definition) is 0. The number of carbonyl (C=O) groups is 1. The molecular weight excluding hydrogens is 326 g/mol. The van der Waals surface area contributed by atoms with E-state index in [1.165, 1.54) is 17.3 Å². The molecule has 7 heteroatoms. The molecule has 1 atom stereocenters. The van der Waals surface area contributed by atoms with E-state index in [1.54, 1.807) is 18.4 Å². The fraction of sp³-hybridized carbons (Fsp3) is 0.235. The van der Waals surface area contributed by atoms with Gasteiger partial charge in [0.2, 0.25) is 5.91 Å². The van der Waals surface area contributed by atoms with Crippen molar-refractivity contribution >= 4 is 23.4 Å². The Kier molecular flexibility index (Phi) is 3.86. The molecule has 0 bridgehead atoms. The zero-order valence-corrected chi connectivity index (χ0v) is 13.8. The molecule has 0 N–H and O–H groups in total. The average Bonchev–Trinajstić information content (AvgIpc) is 3.33. The molecule has 4 rings (SSSR count). The normalized spacial score (nSPS) is 14.6. The Labute approximate surface area is 142 Å². The molecule has 1 aliphatic heterocycles. The number of hydrogen-bond acceptors (Lipinski definition) is 6. The maximum Gasteiger partial charge on any atom is 0.284 e. The van der Waals surface area contributed by atoms with Crippen molar-refractivity contribution in [1.29, 1.82) is 0 Å². The zero-order valence-electron chi connectivity index (χ0n) is 13.0. The number of carbonyl (C=O) groups excluding carboxylic acids is 1. The van der Waals surface area contributed by atoms with Gasteiger partial charge < -0.3 is 13.7 Å². The third-order valence-corrected chi connectivity index (χ3v) is 4.84. The lowest BCUT2D eigenvalue weighted by Crippen LogP contribution is -2.35. The van der Waals surface area contributed by atoms with Crippen LogP contribution in [0, 0.1) is 0 Å². The van der Waals surface area contributed by atoms with Crippen LogP contribution in [0.25, 0.3) is 11.7 Å². The molecule has 1 unspecified atom stereocenters.